The Hall–Kier alpha value is -1.53. The number of carbonyl (C=O) groups is 2. The van der Waals surface area contributed by atoms with Crippen LogP contribution in [0.3, 0.4) is 0 Å². The lowest BCUT2D eigenvalue weighted by Crippen LogP contribution is -2.24. The van der Waals surface area contributed by atoms with E-state index in [0.717, 1.165) is 11.3 Å². The van der Waals surface area contributed by atoms with E-state index in [9.17, 15) is 9.59 Å². The third-order valence-electron chi connectivity index (χ3n) is 2.31. The van der Waals surface area contributed by atoms with Gasteiger partial charge in [-0.2, -0.15) is 0 Å². The van der Waals surface area contributed by atoms with Gasteiger partial charge in [-0.05, 0) is 5.41 Å². The average Bonchev–Trinajstić information content (AvgIpc) is 2.75. The van der Waals surface area contributed by atoms with Gasteiger partial charge in [0.25, 0.3) is 0 Å². The molecule has 2 N–H and O–H groups in total. The van der Waals surface area contributed by atoms with Crippen molar-refractivity contribution in [1.29, 1.82) is 0 Å². The van der Waals surface area contributed by atoms with Gasteiger partial charge in [-0.1, -0.05) is 27.4 Å². The molecule has 0 fully saturated rings. The van der Waals surface area contributed by atoms with Crippen molar-refractivity contribution in [3.05, 3.63) is 28.2 Å². The number of hydrogen-bond donors (Lipinski definition) is 1. The molecule has 1 unspecified atom stereocenters. The van der Waals surface area contributed by atoms with Crippen molar-refractivity contribution in [1.82, 2.24) is 4.98 Å². The van der Waals surface area contributed by atoms with Crippen LogP contribution in [0, 0.1) is 5.41 Å². The summed E-state index contributed by atoms with van der Waals surface area (Å²) in [4.78, 5) is 26.6. The molecule has 0 saturated heterocycles. The lowest BCUT2D eigenvalue weighted by atomic mass is 9.88. The van der Waals surface area contributed by atoms with Crippen LogP contribution in [0.25, 0.3) is 0 Å². The number of esters is 1. The first-order chi connectivity index (χ1) is 8.25. The van der Waals surface area contributed by atoms with E-state index in [2.05, 4.69) is 11.6 Å². The molecule has 0 aliphatic carbocycles. The molecule has 0 aromatic carbocycles. The Morgan fingerprint density at radius 1 is 1.61 bits per heavy atom. The van der Waals surface area contributed by atoms with E-state index < -0.39 is 12.2 Å². The Labute approximate surface area is 110 Å². The number of carbonyl (C=O) groups excluding carboxylic acids is 2. The summed E-state index contributed by atoms with van der Waals surface area (Å²) in [7, 11) is 0. The van der Waals surface area contributed by atoms with Crippen molar-refractivity contribution in [3.8, 4) is 0 Å². The van der Waals surface area contributed by atoms with Crippen LogP contribution in [-0.4, -0.2) is 17.2 Å². The van der Waals surface area contributed by atoms with Crippen molar-refractivity contribution in [3.63, 3.8) is 0 Å². The molecular weight excluding hydrogens is 252 g/mol. The maximum absolute atomic E-state index is 11.8. The summed E-state index contributed by atoms with van der Waals surface area (Å²) in [6.07, 6.45) is 1.12. The molecule has 1 aromatic rings. The largest absolute Gasteiger partial charge is 0.438 e. The highest BCUT2D eigenvalue weighted by Crippen LogP contribution is 2.27. The van der Waals surface area contributed by atoms with Gasteiger partial charge in [0.15, 0.2) is 17.5 Å². The quantitative estimate of drug-likeness (QED) is 0.391. The minimum absolute atomic E-state index is 0.297. The van der Waals surface area contributed by atoms with Gasteiger partial charge in [0, 0.05) is 11.8 Å². The Bertz CT molecular complexity index is 474. The molecule has 0 radical (unpaired) electrons. The number of ether oxygens (including phenoxy) is 1. The van der Waals surface area contributed by atoms with Crippen molar-refractivity contribution in [2.24, 2.45) is 11.1 Å². The summed E-state index contributed by atoms with van der Waals surface area (Å²) in [5.41, 5.74) is 5.68. The minimum atomic E-state index is -0.928. The third kappa shape index (κ3) is 3.48. The first-order valence-corrected chi connectivity index (χ1v) is 6.14. The molecule has 1 aromatic heterocycles. The van der Waals surface area contributed by atoms with E-state index >= 15 is 0 Å². The monoisotopic (exact) mass is 268 g/mol. The predicted molar refractivity (Wildman–Crippen MR) is 69.1 cm³/mol. The van der Waals surface area contributed by atoms with Crippen LogP contribution < -0.4 is 5.73 Å². The fourth-order valence-corrected chi connectivity index (χ4v) is 1.70. The Balaban J connectivity index is 2.70. The van der Waals surface area contributed by atoms with E-state index in [1.165, 1.54) is 6.20 Å². The number of hydrogen-bond acceptors (Lipinski definition) is 6. The maximum Gasteiger partial charge on any atom is 0.335 e. The topological polar surface area (TPSA) is 82.3 Å². The van der Waals surface area contributed by atoms with Crippen LogP contribution in [0.2, 0.25) is 0 Å². The number of nitrogens with zero attached hydrogens (tertiary/aromatic N) is 1. The predicted octanol–water partition coefficient (Wildman–Crippen LogP) is 2.06. The molecule has 0 aliphatic rings. The van der Waals surface area contributed by atoms with Gasteiger partial charge in [-0.25, -0.2) is 9.78 Å². The Morgan fingerprint density at radius 2 is 2.22 bits per heavy atom. The fraction of sp³-hybridized carbons (Fsp3) is 0.417. The number of rotatable bonds is 4. The van der Waals surface area contributed by atoms with Crippen molar-refractivity contribution >= 4 is 23.6 Å². The lowest BCUT2D eigenvalue weighted by molar-refractivity contribution is -0.145. The van der Waals surface area contributed by atoms with Gasteiger partial charge in [-0.15, -0.1) is 11.3 Å². The van der Waals surface area contributed by atoms with Crippen molar-refractivity contribution in [2.75, 3.05) is 0 Å². The molecule has 0 spiro atoms. The molecule has 1 atom stereocenters. The summed E-state index contributed by atoms with van der Waals surface area (Å²) < 4.78 is 5.08. The molecule has 5 nitrogen and oxygen atoms in total. The number of nitrogens with two attached hydrogens (primary N) is 1. The standard InChI is InChI=1S/C12H16N2O3S/c1-7(12(2,3)4)11(16)17-10(13)8-5-14-9(6-15)18-8/h5-6,10H,1,13H2,2-4H3. The van der Waals surface area contributed by atoms with Gasteiger partial charge < -0.3 is 4.74 Å². The fourth-order valence-electron chi connectivity index (χ4n) is 1.04. The first-order valence-electron chi connectivity index (χ1n) is 5.32. The summed E-state index contributed by atoms with van der Waals surface area (Å²) in [5, 5.41) is 0.297. The van der Waals surface area contributed by atoms with Gasteiger partial charge in [0.05, 0.1) is 4.88 Å². The number of aldehydes is 1. The second kappa shape index (κ2) is 5.41. The zero-order valence-corrected chi connectivity index (χ0v) is 11.4. The van der Waals surface area contributed by atoms with E-state index in [1.807, 2.05) is 20.8 Å². The van der Waals surface area contributed by atoms with E-state index in [-0.39, 0.29) is 5.41 Å². The van der Waals surface area contributed by atoms with E-state index in [1.54, 1.807) is 0 Å². The Kier molecular flexibility index (Phi) is 4.37. The average molecular weight is 268 g/mol. The SMILES string of the molecule is C=C(C(=O)OC(N)c1cnc(C=O)s1)C(C)(C)C. The van der Waals surface area contributed by atoms with Gasteiger partial charge in [0.1, 0.15) is 0 Å². The molecule has 0 bridgehead atoms. The van der Waals surface area contributed by atoms with Crippen LogP contribution in [0.15, 0.2) is 18.3 Å². The number of aromatic nitrogens is 1. The van der Waals surface area contributed by atoms with Crippen LogP contribution >= 0.6 is 11.3 Å². The smallest absolute Gasteiger partial charge is 0.335 e. The summed E-state index contributed by atoms with van der Waals surface area (Å²) in [6, 6.07) is 0. The van der Waals surface area contributed by atoms with Crippen LogP contribution in [0.4, 0.5) is 0 Å². The normalized spacial score (nSPS) is 12.9. The van der Waals surface area contributed by atoms with E-state index in [0.29, 0.717) is 21.7 Å². The molecule has 98 valence electrons. The molecule has 0 amide bonds. The zero-order valence-electron chi connectivity index (χ0n) is 10.6. The van der Waals surface area contributed by atoms with Crippen molar-refractivity contribution < 1.29 is 14.3 Å². The molecule has 18 heavy (non-hydrogen) atoms. The Morgan fingerprint density at radius 3 is 2.67 bits per heavy atom. The van der Waals surface area contributed by atoms with Crippen LogP contribution in [0.1, 0.15) is 41.7 Å². The van der Waals surface area contributed by atoms with Gasteiger partial charge in [-0.3, -0.25) is 10.5 Å². The summed E-state index contributed by atoms with van der Waals surface area (Å²) in [6.45, 7) is 9.28. The molecule has 1 rings (SSSR count). The first kappa shape index (κ1) is 14.5. The highest BCUT2D eigenvalue weighted by atomic mass is 32.1. The molecule has 1 heterocycles. The minimum Gasteiger partial charge on any atom is -0.438 e. The molecule has 6 heteroatoms. The lowest BCUT2D eigenvalue weighted by Gasteiger charge is -2.21. The van der Waals surface area contributed by atoms with E-state index in [4.69, 9.17) is 10.5 Å². The maximum atomic E-state index is 11.8. The van der Waals surface area contributed by atoms with Crippen LogP contribution in [-0.2, 0) is 9.53 Å². The number of thiazole rings is 1. The van der Waals surface area contributed by atoms with Crippen molar-refractivity contribution in [2.45, 2.75) is 27.0 Å². The molecular formula is C12H16N2O3S. The third-order valence-corrected chi connectivity index (χ3v) is 3.29. The highest BCUT2D eigenvalue weighted by Gasteiger charge is 2.25. The second-order valence-electron chi connectivity index (χ2n) is 4.77. The van der Waals surface area contributed by atoms with Crippen LogP contribution in [0.5, 0.6) is 0 Å². The summed E-state index contributed by atoms with van der Waals surface area (Å²) in [5.74, 6) is -0.545. The summed E-state index contributed by atoms with van der Waals surface area (Å²) >= 11 is 1.09. The second-order valence-corrected chi connectivity index (χ2v) is 5.87. The molecule has 0 aliphatic heterocycles. The van der Waals surface area contributed by atoms with Gasteiger partial charge in [0.2, 0.25) is 0 Å². The molecule has 0 saturated carbocycles. The highest BCUT2D eigenvalue weighted by molar-refractivity contribution is 7.13. The zero-order chi connectivity index (χ0) is 13.9. The van der Waals surface area contributed by atoms with Gasteiger partial charge >= 0.3 is 5.97 Å².